The Bertz CT molecular complexity index is 1510. The zero-order valence-electron chi connectivity index (χ0n) is 18.5. The smallest absolute Gasteiger partial charge is 0.258 e. The quantitative estimate of drug-likeness (QED) is 0.285. The van der Waals surface area contributed by atoms with Gasteiger partial charge in [0.1, 0.15) is 5.75 Å². The second kappa shape index (κ2) is 9.25. The van der Waals surface area contributed by atoms with Crippen molar-refractivity contribution in [2.45, 2.75) is 6.92 Å². The number of hydrogen-bond acceptors (Lipinski definition) is 5. The molecule has 1 amide bonds. The highest BCUT2D eigenvalue weighted by atomic mass is 35.5. The number of aryl methyl sites for hydroxylation is 1. The zero-order chi connectivity index (χ0) is 23.7. The van der Waals surface area contributed by atoms with Crippen LogP contribution in [0.1, 0.15) is 15.2 Å². The third-order valence-corrected chi connectivity index (χ3v) is 6.62. The van der Waals surface area contributed by atoms with Crippen molar-refractivity contribution < 1.29 is 9.53 Å². The number of amides is 1. The number of carbonyl (C=O) groups is 1. The molecule has 0 aliphatic carbocycles. The van der Waals surface area contributed by atoms with E-state index in [1.165, 1.54) is 11.3 Å². The number of carbonyl (C=O) groups excluding carboxylic acids is 1. The molecule has 0 saturated heterocycles. The highest BCUT2D eigenvalue weighted by Gasteiger charge is 2.18. The number of para-hydroxylation sites is 2. The topological polar surface area (TPSA) is 64.1 Å². The SMILES string of the molecule is COc1ccccc1-c1cc(C(=O)Nc2nc(-c3ccc(Cl)cc3)c(C)s2)c2ccccc2n1. The van der Waals surface area contributed by atoms with E-state index in [0.717, 1.165) is 32.6 Å². The highest BCUT2D eigenvalue weighted by molar-refractivity contribution is 7.16. The molecule has 7 heteroatoms. The number of halogens is 1. The predicted octanol–water partition coefficient (Wildman–Crippen LogP) is 7.25. The van der Waals surface area contributed by atoms with Gasteiger partial charge in [-0.1, -0.05) is 54.1 Å². The summed E-state index contributed by atoms with van der Waals surface area (Å²) < 4.78 is 5.52. The van der Waals surface area contributed by atoms with Crippen molar-refractivity contribution in [1.82, 2.24) is 9.97 Å². The van der Waals surface area contributed by atoms with Crippen molar-refractivity contribution in [3.05, 3.63) is 94.3 Å². The Morgan fingerprint density at radius 1 is 0.971 bits per heavy atom. The monoisotopic (exact) mass is 485 g/mol. The van der Waals surface area contributed by atoms with Gasteiger partial charge >= 0.3 is 0 Å². The van der Waals surface area contributed by atoms with Crippen LogP contribution < -0.4 is 10.1 Å². The fraction of sp³-hybridized carbons (Fsp3) is 0.0741. The largest absolute Gasteiger partial charge is 0.496 e. The van der Waals surface area contributed by atoms with E-state index < -0.39 is 0 Å². The van der Waals surface area contributed by atoms with E-state index in [1.54, 1.807) is 13.2 Å². The van der Waals surface area contributed by atoms with E-state index in [4.69, 9.17) is 21.3 Å². The molecule has 0 bridgehead atoms. The summed E-state index contributed by atoms with van der Waals surface area (Å²) in [6.07, 6.45) is 0. The fourth-order valence-electron chi connectivity index (χ4n) is 3.85. The molecule has 0 radical (unpaired) electrons. The van der Waals surface area contributed by atoms with Crippen LogP contribution in [-0.4, -0.2) is 23.0 Å². The number of rotatable bonds is 5. The van der Waals surface area contributed by atoms with Crippen LogP contribution in [0.15, 0.2) is 78.9 Å². The fourth-order valence-corrected chi connectivity index (χ4v) is 4.80. The molecule has 0 aliphatic heterocycles. The summed E-state index contributed by atoms with van der Waals surface area (Å²) in [4.78, 5) is 23.9. The van der Waals surface area contributed by atoms with Crippen LogP contribution >= 0.6 is 22.9 Å². The van der Waals surface area contributed by atoms with E-state index in [9.17, 15) is 4.79 Å². The van der Waals surface area contributed by atoms with Gasteiger partial charge in [-0.25, -0.2) is 9.97 Å². The molecule has 0 spiro atoms. The van der Waals surface area contributed by atoms with Crippen molar-refractivity contribution >= 4 is 44.9 Å². The first-order chi connectivity index (χ1) is 16.5. The van der Waals surface area contributed by atoms with Crippen LogP contribution in [0.4, 0.5) is 5.13 Å². The Balaban J connectivity index is 1.54. The van der Waals surface area contributed by atoms with Gasteiger partial charge in [0.2, 0.25) is 0 Å². The van der Waals surface area contributed by atoms with Crippen LogP contribution in [0.5, 0.6) is 5.75 Å². The molecule has 168 valence electrons. The van der Waals surface area contributed by atoms with Gasteiger partial charge in [-0.15, -0.1) is 11.3 Å². The molecule has 0 saturated carbocycles. The van der Waals surface area contributed by atoms with Crippen molar-refractivity contribution in [3.63, 3.8) is 0 Å². The van der Waals surface area contributed by atoms with Crippen molar-refractivity contribution in [1.29, 1.82) is 0 Å². The first-order valence-corrected chi connectivity index (χ1v) is 11.8. The molecule has 0 atom stereocenters. The first kappa shape index (κ1) is 22.1. The molecular weight excluding hydrogens is 466 g/mol. The Morgan fingerprint density at radius 2 is 1.71 bits per heavy atom. The number of pyridine rings is 1. The second-order valence-corrected chi connectivity index (χ2v) is 9.30. The van der Waals surface area contributed by atoms with Crippen LogP contribution in [0.25, 0.3) is 33.4 Å². The van der Waals surface area contributed by atoms with Gasteiger partial charge in [0, 0.05) is 26.4 Å². The number of nitrogens with zero attached hydrogens (tertiary/aromatic N) is 2. The maximum absolute atomic E-state index is 13.4. The summed E-state index contributed by atoms with van der Waals surface area (Å²) in [6.45, 7) is 1.99. The Morgan fingerprint density at radius 3 is 2.50 bits per heavy atom. The van der Waals surface area contributed by atoms with Crippen LogP contribution in [0.2, 0.25) is 5.02 Å². The summed E-state index contributed by atoms with van der Waals surface area (Å²) in [5.74, 6) is 0.450. The lowest BCUT2D eigenvalue weighted by molar-refractivity contribution is 0.102. The van der Waals surface area contributed by atoms with Gasteiger partial charge in [0.05, 0.1) is 29.6 Å². The van der Waals surface area contributed by atoms with Crippen molar-refractivity contribution in [2.24, 2.45) is 0 Å². The maximum Gasteiger partial charge on any atom is 0.258 e. The lowest BCUT2D eigenvalue weighted by atomic mass is 10.0. The summed E-state index contributed by atoms with van der Waals surface area (Å²) >= 11 is 7.45. The standard InChI is InChI=1S/C27H20ClN3O2S/c1-16-25(17-11-13-18(28)14-12-17)30-27(34-16)31-26(32)21-15-23(20-8-4-6-10-24(20)33-2)29-22-9-5-3-7-19(21)22/h3-15H,1-2H3,(H,30,31,32). The number of benzene rings is 3. The average molecular weight is 486 g/mol. The van der Waals surface area contributed by atoms with Crippen LogP contribution in [0.3, 0.4) is 0 Å². The van der Waals surface area contributed by atoms with Crippen molar-refractivity contribution in [3.8, 4) is 28.3 Å². The summed E-state index contributed by atoms with van der Waals surface area (Å²) in [5.41, 5.74) is 4.51. The number of ether oxygens (including phenoxy) is 1. The number of fused-ring (bicyclic) bond motifs is 1. The lowest BCUT2D eigenvalue weighted by Gasteiger charge is -2.12. The van der Waals surface area contributed by atoms with Crippen molar-refractivity contribution in [2.75, 3.05) is 12.4 Å². The molecule has 5 rings (SSSR count). The van der Waals surface area contributed by atoms with E-state index in [0.29, 0.717) is 27.2 Å². The normalized spacial score (nSPS) is 10.9. The molecule has 2 aromatic heterocycles. The zero-order valence-corrected chi connectivity index (χ0v) is 20.1. The average Bonchev–Trinajstić information content (AvgIpc) is 3.23. The minimum absolute atomic E-state index is 0.244. The van der Waals surface area contributed by atoms with E-state index in [2.05, 4.69) is 10.3 Å². The number of thiazole rings is 1. The number of anilines is 1. The molecule has 5 aromatic rings. The molecule has 0 fully saturated rings. The van der Waals surface area contributed by atoms with Gasteiger partial charge in [0.25, 0.3) is 5.91 Å². The molecule has 5 nitrogen and oxygen atoms in total. The predicted molar refractivity (Wildman–Crippen MR) is 139 cm³/mol. The van der Waals surface area contributed by atoms with Gasteiger partial charge in [0.15, 0.2) is 5.13 Å². The number of methoxy groups -OCH3 is 1. The summed E-state index contributed by atoms with van der Waals surface area (Å²) in [7, 11) is 1.62. The number of aromatic nitrogens is 2. The number of hydrogen-bond donors (Lipinski definition) is 1. The van der Waals surface area contributed by atoms with Gasteiger partial charge in [-0.2, -0.15) is 0 Å². The summed E-state index contributed by atoms with van der Waals surface area (Å²) in [5, 5.41) is 4.95. The van der Waals surface area contributed by atoms with E-state index in [1.807, 2.05) is 79.7 Å². The third-order valence-electron chi connectivity index (χ3n) is 5.48. The van der Waals surface area contributed by atoms with E-state index in [-0.39, 0.29) is 5.91 Å². The second-order valence-electron chi connectivity index (χ2n) is 7.66. The maximum atomic E-state index is 13.4. The van der Waals surface area contributed by atoms with Gasteiger partial charge < -0.3 is 4.74 Å². The molecule has 1 N–H and O–H groups in total. The molecule has 0 aliphatic rings. The molecular formula is C27H20ClN3O2S. The minimum Gasteiger partial charge on any atom is -0.496 e. The van der Waals surface area contributed by atoms with Gasteiger partial charge in [-0.05, 0) is 43.3 Å². The Kier molecular flexibility index (Phi) is 6.01. The Labute approximate surface area is 206 Å². The van der Waals surface area contributed by atoms with Crippen LogP contribution in [0, 0.1) is 6.92 Å². The lowest BCUT2D eigenvalue weighted by Crippen LogP contribution is -2.13. The first-order valence-electron chi connectivity index (χ1n) is 10.6. The Hall–Kier alpha value is -3.74. The van der Waals surface area contributed by atoms with E-state index >= 15 is 0 Å². The third kappa shape index (κ3) is 4.25. The highest BCUT2D eigenvalue weighted by Crippen LogP contribution is 2.33. The molecule has 3 aromatic carbocycles. The van der Waals surface area contributed by atoms with Gasteiger partial charge in [-0.3, -0.25) is 10.1 Å². The molecule has 34 heavy (non-hydrogen) atoms. The summed E-state index contributed by atoms with van der Waals surface area (Å²) in [6, 6.07) is 24.5. The molecule has 0 unspecified atom stereocenters. The number of nitrogens with one attached hydrogen (secondary N) is 1. The van der Waals surface area contributed by atoms with Crippen LogP contribution in [-0.2, 0) is 0 Å². The molecule has 2 heterocycles. The minimum atomic E-state index is -0.244.